The first-order valence-corrected chi connectivity index (χ1v) is 6.18. The van der Waals surface area contributed by atoms with Crippen LogP contribution in [-0.2, 0) is 4.79 Å². The van der Waals surface area contributed by atoms with E-state index in [0.717, 1.165) is 12.1 Å². The van der Waals surface area contributed by atoms with Crippen LogP contribution in [0, 0.1) is 11.6 Å². The highest BCUT2D eigenvalue weighted by molar-refractivity contribution is 9.10. The zero-order valence-electron chi connectivity index (χ0n) is 10.4. The molecule has 1 amide bonds. The molecule has 1 aromatic rings. The van der Waals surface area contributed by atoms with Gasteiger partial charge < -0.3 is 10.6 Å². The lowest BCUT2D eigenvalue weighted by molar-refractivity contribution is -0.115. The molecule has 0 spiro atoms. The first-order valence-electron chi connectivity index (χ1n) is 5.38. The van der Waals surface area contributed by atoms with E-state index >= 15 is 0 Å². The summed E-state index contributed by atoms with van der Waals surface area (Å²) in [5.74, 6) is -2.12. The van der Waals surface area contributed by atoms with Gasteiger partial charge in [-0.25, -0.2) is 8.78 Å². The third kappa shape index (κ3) is 4.70. The maximum atomic E-state index is 13.4. The standard InChI is InChI=1S/C12H15BrF2N2O/c1-12(2,3)16-6-10(18)17-11-8(14)4-7(13)5-9(11)15/h4-5,16H,6H2,1-3H3,(H,17,18). The van der Waals surface area contributed by atoms with Crippen molar-refractivity contribution in [2.75, 3.05) is 11.9 Å². The molecule has 6 heteroatoms. The van der Waals surface area contributed by atoms with Crippen molar-refractivity contribution in [1.82, 2.24) is 5.32 Å². The fraction of sp³-hybridized carbons (Fsp3) is 0.417. The first-order chi connectivity index (χ1) is 8.19. The molecule has 0 heterocycles. The van der Waals surface area contributed by atoms with Gasteiger partial charge in [0.1, 0.15) is 5.69 Å². The Hall–Kier alpha value is -1.01. The summed E-state index contributed by atoms with van der Waals surface area (Å²) in [5.41, 5.74) is -0.673. The van der Waals surface area contributed by atoms with Crippen molar-refractivity contribution in [2.45, 2.75) is 26.3 Å². The van der Waals surface area contributed by atoms with Crippen LogP contribution in [0.1, 0.15) is 20.8 Å². The van der Waals surface area contributed by atoms with Crippen LogP contribution in [0.15, 0.2) is 16.6 Å². The molecule has 0 radical (unpaired) electrons. The average molecular weight is 321 g/mol. The van der Waals surface area contributed by atoms with Crippen molar-refractivity contribution in [3.05, 3.63) is 28.2 Å². The van der Waals surface area contributed by atoms with E-state index in [2.05, 4.69) is 26.6 Å². The van der Waals surface area contributed by atoms with E-state index in [1.807, 2.05) is 20.8 Å². The summed E-state index contributed by atoms with van der Waals surface area (Å²) in [5, 5.41) is 5.13. The van der Waals surface area contributed by atoms with Crippen LogP contribution in [0.4, 0.5) is 14.5 Å². The molecular formula is C12H15BrF2N2O. The zero-order valence-corrected chi connectivity index (χ0v) is 12.0. The Bertz CT molecular complexity index is 435. The van der Waals surface area contributed by atoms with Gasteiger partial charge in [0.15, 0.2) is 11.6 Å². The van der Waals surface area contributed by atoms with Crippen LogP contribution in [0.5, 0.6) is 0 Å². The van der Waals surface area contributed by atoms with Gasteiger partial charge in [-0.05, 0) is 32.9 Å². The monoisotopic (exact) mass is 320 g/mol. The number of halogens is 3. The number of hydrogen-bond donors (Lipinski definition) is 2. The van der Waals surface area contributed by atoms with Gasteiger partial charge in [-0.15, -0.1) is 0 Å². The maximum Gasteiger partial charge on any atom is 0.238 e. The van der Waals surface area contributed by atoms with Crippen LogP contribution in [0.3, 0.4) is 0 Å². The second-order valence-electron chi connectivity index (χ2n) is 4.90. The minimum atomic E-state index is -0.814. The Morgan fingerprint density at radius 2 is 1.78 bits per heavy atom. The topological polar surface area (TPSA) is 41.1 Å². The molecule has 0 aliphatic rings. The van der Waals surface area contributed by atoms with Crippen molar-refractivity contribution in [1.29, 1.82) is 0 Å². The number of benzene rings is 1. The molecule has 1 rings (SSSR count). The van der Waals surface area contributed by atoms with Gasteiger partial charge in [0.25, 0.3) is 0 Å². The number of rotatable bonds is 3. The smallest absolute Gasteiger partial charge is 0.238 e. The fourth-order valence-electron chi connectivity index (χ4n) is 1.19. The molecule has 0 aromatic heterocycles. The molecule has 0 aliphatic heterocycles. The van der Waals surface area contributed by atoms with E-state index < -0.39 is 23.2 Å². The number of anilines is 1. The molecule has 0 saturated carbocycles. The molecule has 0 fully saturated rings. The Balaban J connectivity index is 2.71. The predicted molar refractivity (Wildman–Crippen MR) is 70.4 cm³/mol. The van der Waals surface area contributed by atoms with Gasteiger partial charge in [0, 0.05) is 10.0 Å². The summed E-state index contributed by atoms with van der Waals surface area (Å²) < 4.78 is 27.2. The SMILES string of the molecule is CC(C)(C)NCC(=O)Nc1c(F)cc(Br)cc1F. The molecule has 0 bridgehead atoms. The Kier molecular flexibility index (Phi) is 4.81. The van der Waals surface area contributed by atoms with Crippen molar-refractivity contribution in [3.8, 4) is 0 Å². The molecule has 0 saturated heterocycles. The molecule has 0 atom stereocenters. The third-order valence-electron chi connectivity index (χ3n) is 2.05. The van der Waals surface area contributed by atoms with Crippen LogP contribution >= 0.6 is 15.9 Å². The minimum Gasteiger partial charge on any atom is -0.320 e. The highest BCUT2D eigenvalue weighted by Crippen LogP contribution is 2.23. The van der Waals surface area contributed by atoms with Gasteiger partial charge in [-0.3, -0.25) is 4.79 Å². The van der Waals surface area contributed by atoms with Crippen molar-refractivity contribution < 1.29 is 13.6 Å². The van der Waals surface area contributed by atoms with Crippen LogP contribution in [-0.4, -0.2) is 18.0 Å². The van der Waals surface area contributed by atoms with Gasteiger partial charge in [0.2, 0.25) is 5.91 Å². The van der Waals surface area contributed by atoms with Crippen molar-refractivity contribution >= 4 is 27.5 Å². The van der Waals surface area contributed by atoms with Crippen LogP contribution < -0.4 is 10.6 Å². The van der Waals surface area contributed by atoms with E-state index in [4.69, 9.17) is 0 Å². The molecule has 2 N–H and O–H groups in total. The van der Waals surface area contributed by atoms with Gasteiger partial charge in [-0.2, -0.15) is 0 Å². The predicted octanol–water partition coefficient (Wildman–Crippen LogP) is 3.05. The van der Waals surface area contributed by atoms with Crippen LogP contribution in [0.2, 0.25) is 0 Å². The lowest BCUT2D eigenvalue weighted by Crippen LogP contribution is -2.41. The third-order valence-corrected chi connectivity index (χ3v) is 2.51. The largest absolute Gasteiger partial charge is 0.320 e. The molecule has 0 aliphatic carbocycles. The summed E-state index contributed by atoms with van der Waals surface area (Å²) in [6.07, 6.45) is 0. The number of hydrogen-bond acceptors (Lipinski definition) is 2. The normalized spacial score (nSPS) is 11.4. The number of amides is 1. The van der Waals surface area contributed by atoms with E-state index in [9.17, 15) is 13.6 Å². The lowest BCUT2D eigenvalue weighted by Gasteiger charge is -2.20. The second kappa shape index (κ2) is 5.75. The number of carbonyl (C=O) groups excluding carboxylic acids is 1. The van der Waals surface area contributed by atoms with E-state index in [1.54, 1.807) is 0 Å². The van der Waals surface area contributed by atoms with Crippen molar-refractivity contribution in [2.24, 2.45) is 0 Å². The number of nitrogens with one attached hydrogen (secondary N) is 2. The van der Waals surface area contributed by atoms with Gasteiger partial charge in [0.05, 0.1) is 6.54 Å². The van der Waals surface area contributed by atoms with E-state index in [0.29, 0.717) is 0 Å². The summed E-state index contributed by atoms with van der Waals surface area (Å²) in [4.78, 5) is 11.5. The Labute approximate surface area is 113 Å². The van der Waals surface area contributed by atoms with Gasteiger partial charge in [-0.1, -0.05) is 15.9 Å². The minimum absolute atomic E-state index is 0.0154. The van der Waals surface area contributed by atoms with E-state index in [-0.39, 0.29) is 16.6 Å². The highest BCUT2D eigenvalue weighted by atomic mass is 79.9. The summed E-state index contributed by atoms with van der Waals surface area (Å²) in [6.45, 7) is 5.65. The zero-order chi connectivity index (χ0) is 13.9. The summed E-state index contributed by atoms with van der Waals surface area (Å²) >= 11 is 2.97. The summed E-state index contributed by atoms with van der Waals surface area (Å²) in [6, 6.07) is 2.19. The average Bonchev–Trinajstić information content (AvgIpc) is 2.19. The quantitative estimate of drug-likeness (QED) is 0.898. The first kappa shape index (κ1) is 15.0. The number of carbonyl (C=O) groups is 1. The molecule has 3 nitrogen and oxygen atoms in total. The van der Waals surface area contributed by atoms with Crippen LogP contribution in [0.25, 0.3) is 0 Å². The molecular weight excluding hydrogens is 306 g/mol. The highest BCUT2D eigenvalue weighted by Gasteiger charge is 2.15. The lowest BCUT2D eigenvalue weighted by atomic mass is 10.1. The maximum absolute atomic E-state index is 13.4. The second-order valence-corrected chi connectivity index (χ2v) is 5.81. The molecule has 1 aromatic carbocycles. The molecule has 100 valence electrons. The van der Waals surface area contributed by atoms with E-state index in [1.165, 1.54) is 0 Å². The molecule has 0 unspecified atom stereocenters. The molecule has 18 heavy (non-hydrogen) atoms. The fourth-order valence-corrected chi connectivity index (χ4v) is 1.59. The van der Waals surface area contributed by atoms with Gasteiger partial charge >= 0.3 is 0 Å². The summed E-state index contributed by atoms with van der Waals surface area (Å²) in [7, 11) is 0. The Morgan fingerprint density at radius 3 is 2.22 bits per heavy atom. The Morgan fingerprint density at radius 1 is 1.28 bits per heavy atom. The van der Waals surface area contributed by atoms with Crippen molar-refractivity contribution in [3.63, 3.8) is 0 Å².